The Bertz CT molecular complexity index is 907. The number of benzene rings is 1. The maximum absolute atomic E-state index is 12.6. The molecule has 0 radical (unpaired) electrons. The summed E-state index contributed by atoms with van der Waals surface area (Å²) in [6, 6.07) is 6.22. The van der Waals surface area contributed by atoms with Crippen molar-refractivity contribution in [1.82, 2.24) is 9.62 Å². The van der Waals surface area contributed by atoms with Crippen LogP contribution in [0, 0.1) is 11.8 Å². The van der Waals surface area contributed by atoms with Crippen LogP contribution in [0.2, 0.25) is 0 Å². The first-order valence-electron chi connectivity index (χ1n) is 10.5. The molecule has 4 rings (SSSR count). The Labute approximate surface area is 172 Å². The minimum absolute atomic E-state index is 0.00422. The lowest BCUT2D eigenvalue weighted by molar-refractivity contribution is -0.126. The van der Waals surface area contributed by atoms with Crippen molar-refractivity contribution < 1.29 is 18.0 Å². The predicted molar refractivity (Wildman–Crippen MR) is 111 cm³/mol. The van der Waals surface area contributed by atoms with Crippen LogP contribution in [0.15, 0.2) is 18.2 Å². The van der Waals surface area contributed by atoms with Gasteiger partial charge in [0.2, 0.25) is 21.8 Å². The van der Waals surface area contributed by atoms with Crippen molar-refractivity contribution in [3.8, 4) is 0 Å². The second-order valence-corrected chi connectivity index (χ2v) is 10.5. The van der Waals surface area contributed by atoms with Gasteiger partial charge in [0.15, 0.2) is 0 Å². The molecule has 1 unspecified atom stereocenters. The average molecular weight is 420 g/mol. The number of anilines is 1. The molecule has 29 heavy (non-hydrogen) atoms. The van der Waals surface area contributed by atoms with Crippen molar-refractivity contribution in [2.75, 3.05) is 37.3 Å². The SMILES string of the molecule is CS(=O)(=O)N1CCC(CNC(=O)C2CC(=O)N(c3ccc4c(c3)CCC4)C2)CC1. The summed E-state index contributed by atoms with van der Waals surface area (Å²) in [7, 11) is -3.13. The molecule has 0 bridgehead atoms. The van der Waals surface area contributed by atoms with Crippen molar-refractivity contribution in [2.24, 2.45) is 11.8 Å². The van der Waals surface area contributed by atoms with E-state index in [4.69, 9.17) is 0 Å². The van der Waals surface area contributed by atoms with Crippen molar-refractivity contribution in [3.63, 3.8) is 0 Å². The molecule has 3 aliphatic rings. The van der Waals surface area contributed by atoms with E-state index in [9.17, 15) is 18.0 Å². The molecule has 1 aromatic rings. The zero-order valence-corrected chi connectivity index (χ0v) is 17.7. The largest absolute Gasteiger partial charge is 0.356 e. The highest BCUT2D eigenvalue weighted by atomic mass is 32.2. The number of hydrogen-bond acceptors (Lipinski definition) is 4. The maximum Gasteiger partial charge on any atom is 0.227 e. The van der Waals surface area contributed by atoms with E-state index in [1.807, 2.05) is 6.07 Å². The Hall–Kier alpha value is -1.93. The van der Waals surface area contributed by atoms with Gasteiger partial charge in [0, 0.05) is 38.3 Å². The van der Waals surface area contributed by atoms with Crippen LogP contribution in [0.1, 0.15) is 36.8 Å². The third-order valence-corrected chi connectivity index (χ3v) is 7.80. The molecule has 2 fully saturated rings. The third kappa shape index (κ3) is 4.48. The Morgan fingerprint density at radius 3 is 2.62 bits per heavy atom. The molecule has 1 aromatic carbocycles. The summed E-state index contributed by atoms with van der Waals surface area (Å²) in [5.41, 5.74) is 3.60. The second-order valence-electron chi connectivity index (χ2n) is 8.56. The Morgan fingerprint density at radius 2 is 1.90 bits per heavy atom. The molecular weight excluding hydrogens is 390 g/mol. The predicted octanol–water partition coefficient (Wildman–Crippen LogP) is 1.32. The van der Waals surface area contributed by atoms with Crippen LogP contribution in [0.25, 0.3) is 0 Å². The molecule has 2 amide bonds. The van der Waals surface area contributed by atoms with Gasteiger partial charge < -0.3 is 10.2 Å². The van der Waals surface area contributed by atoms with Crippen LogP contribution in [0.4, 0.5) is 5.69 Å². The van der Waals surface area contributed by atoms with E-state index in [-0.39, 0.29) is 30.1 Å². The number of carbonyl (C=O) groups excluding carboxylic acids is 2. The van der Waals surface area contributed by atoms with E-state index in [0.29, 0.717) is 26.2 Å². The van der Waals surface area contributed by atoms with Gasteiger partial charge in [-0.1, -0.05) is 6.07 Å². The number of rotatable bonds is 5. The van der Waals surface area contributed by atoms with Crippen LogP contribution in [-0.4, -0.2) is 57.0 Å². The number of nitrogens with zero attached hydrogens (tertiary/aromatic N) is 2. The van der Waals surface area contributed by atoms with Crippen molar-refractivity contribution in [2.45, 2.75) is 38.5 Å². The number of nitrogens with one attached hydrogen (secondary N) is 1. The lowest BCUT2D eigenvalue weighted by Gasteiger charge is -2.30. The van der Waals surface area contributed by atoms with E-state index in [1.165, 1.54) is 28.1 Å². The molecule has 2 saturated heterocycles. The van der Waals surface area contributed by atoms with E-state index in [0.717, 1.165) is 31.4 Å². The maximum atomic E-state index is 12.6. The summed E-state index contributed by atoms with van der Waals surface area (Å²) in [5, 5.41) is 3.00. The fourth-order valence-electron chi connectivity index (χ4n) is 4.69. The molecule has 158 valence electrons. The summed E-state index contributed by atoms with van der Waals surface area (Å²) in [6.07, 6.45) is 6.32. The normalized spacial score (nSPS) is 23.4. The second kappa shape index (κ2) is 8.07. The minimum atomic E-state index is -3.13. The highest BCUT2D eigenvalue weighted by Gasteiger charge is 2.36. The zero-order chi connectivity index (χ0) is 20.6. The number of piperidine rings is 1. The summed E-state index contributed by atoms with van der Waals surface area (Å²) in [5.74, 6) is -0.120. The van der Waals surface area contributed by atoms with Crippen LogP contribution in [0.5, 0.6) is 0 Å². The summed E-state index contributed by atoms with van der Waals surface area (Å²) in [6.45, 7) is 1.98. The first-order valence-corrected chi connectivity index (χ1v) is 12.3. The third-order valence-electron chi connectivity index (χ3n) is 6.50. The molecule has 2 aliphatic heterocycles. The monoisotopic (exact) mass is 419 g/mol. The summed E-state index contributed by atoms with van der Waals surface area (Å²) in [4.78, 5) is 26.9. The van der Waals surface area contributed by atoms with Gasteiger partial charge in [0.1, 0.15) is 0 Å². The number of carbonyl (C=O) groups is 2. The van der Waals surface area contributed by atoms with Gasteiger partial charge in [-0.3, -0.25) is 9.59 Å². The van der Waals surface area contributed by atoms with Gasteiger partial charge >= 0.3 is 0 Å². The molecule has 8 heteroatoms. The molecular formula is C21H29N3O4S. The minimum Gasteiger partial charge on any atom is -0.356 e. The number of amides is 2. The quantitative estimate of drug-likeness (QED) is 0.780. The summed E-state index contributed by atoms with van der Waals surface area (Å²) < 4.78 is 24.7. The van der Waals surface area contributed by atoms with E-state index < -0.39 is 10.0 Å². The van der Waals surface area contributed by atoms with Crippen LogP contribution < -0.4 is 10.2 Å². The molecule has 2 heterocycles. The lowest BCUT2D eigenvalue weighted by Crippen LogP contribution is -2.42. The van der Waals surface area contributed by atoms with E-state index in [1.54, 1.807) is 4.90 Å². The van der Waals surface area contributed by atoms with Crippen molar-refractivity contribution in [3.05, 3.63) is 29.3 Å². The number of aryl methyl sites for hydroxylation is 2. The van der Waals surface area contributed by atoms with Gasteiger partial charge in [-0.25, -0.2) is 12.7 Å². The van der Waals surface area contributed by atoms with E-state index in [2.05, 4.69) is 17.4 Å². The Morgan fingerprint density at radius 1 is 1.17 bits per heavy atom. The van der Waals surface area contributed by atoms with Crippen molar-refractivity contribution >= 4 is 27.5 Å². The molecule has 0 spiro atoms. The van der Waals surface area contributed by atoms with Crippen molar-refractivity contribution in [1.29, 1.82) is 0 Å². The Balaban J connectivity index is 1.29. The fourth-order valence-corrected chi connectivity index (χ4v) is 5.57. The van der Waals surface area contributed by atoms with Crippen LogP contribution in [0.3, 0.4) is 0 Å². The lowest BCUT2D eigenvalue weighted by atomic mass is 9.97. The summed E-state index contributed by atoms with van der Waals surface area (Å²) >= 11 is 0. The smallest absolute Gasteiger partial charge is 0.227 e. The van der Waals surface area contributed by atoms with Crippen LogP contribution in [-0.2, 0) is 32.5 Å². The van der Waals surface area contributed by atoms with Gasteiger partial charge in [0.25, 0.3) is 0 Å². The first-order chi connectivity index (χ1) is 13.8. The number of sulfonamides is 1. The van der Waals surface area contributed by atoms with Gasteiger partial charge in [-0.2, -0.15) is 0 Å². The topological polar surface area (TPSA) is 86.8 Å². The molecule has 1 N–H and O–H groups in total. The number of hydrogen-bond donors (Lipinski definition) is 1. The molecule has 1 atom stereocenters. The molecule has 1 aliphatic carbocycles. The number of fused-ring (bicyclic) bond motifs is 1. The van der Waals surface area contributed by atoms with Gasteiger partial charge in [-0.15, -0.1) is 0 Å². The van der Waals surface area contributed by atoms with Gasteiger partial charge in [-0.05, 0) is 61.3 Å². The highest BCUT2D eigenvalue weighted by Crippen LogP contribution is 2.30. The zero-order valence-electron chi connectivity index (χ0n) is 16.9. The Kier molecular flexibility index (Phi) is 5.66. The highest BCUT2D eigenvalue weighted by molar-refractivity contribution is 7.88. The van der Waals surface area contributed by atoms with Crippen LogP contribution >= 0.6 is 0 Å². The molecule has 0 saturated carbocycles. The van der Waals surface area contributed by atoms with E-state index >= 15 is 0 Å². The van der Waals surface area contributed by atoms with Gasteiger partial charge in [0.05, 0.1) is 12.2 Å². The average Bonchev–Trinajstić information content (AvgIpc) is 3.31. The molecule has 7 nitrogen and oxygen atoms in total. The molecule has 0 aromatic heterocycles. The fraction of sp³-hybridized carbons (Fsp3) is 0.619. The first kappa shape index (κ1) is 20.3. The standard InChI is InChI=1S/C21H29N3O4S/c1-29(27,28)23-9-7-15(8-10-23)13-22-21(26)18-12-20(25)24(14-18)19-6-5-16-3-2-4-17(16)11-19/h5-6,11,15,18H,2-4,7-10,12-14H2,1H3,(H,22,26).